The second-order valence-corrected chi connectivity index (χ2v) is 6.15. The number of thioether (sulfide) groups is 1. The van der Waals surface area contributed by atoms with E-state index in [0.29, 0.717) is 11.5 Å². The van der Waals surface area contributed by atoms with Gasteiger partial charge in [-0.1, -0.05) is 25.1 Å². The largest absolute Gasteiger partial charge is 0.380 e. The zero-order chi connectivity index (χ0) is 11.0. The van der Waals surface area contributed by atoms with Gasteiger partial charge in [-0.25, -0.2) is 0 Å². The summed E-state index contributed by atoms with van der Waals surface area (Å²) < 4.78 is 5.28. The molecule has 3 rings (SSSR count). The summed E-state index contributed by atoms with van der Waals surface area (Å²) in [6.45, 7) is 5.16. The highest BCUT2D eigenvalue weighted by atomic mass is 32.2. The van der Waals surface area contributed by atoms with E-state index in [-0.39, 0.29) is 0 Å². The quantitative estimate of drug-likeness (QED) is 0.869. The molecular formula is C13H17NOS. The normalized spacial score (nSPS) is 26.2. The smallest absolute Gasteiger partial charge is 0.0554 e. The molecule has 1 aromatic rings. The molecule has 0 radical (unpaired) electrons. The Kier molecular flexibility index (Phi) is 2.70. The van der Waals surface area contributed by atoms with E-state index in [1.165, 1.54) is 10.5 Å². The summed E-state index contributed by atoms with van der Waals surface area (Å²) in [5, 5.41) is 3.68. The van der Waals surface area contributed by atoms with Crippen molar-refractivity contribution in [1.29, 1.82) is 0 Å². The number of ether oxygens (including phenoxy) is 1. The highest BCUT2D eigenvalue weighted by Crippen LogP contribution is 2.38. The third kappa shape index (κ3) is 1.88. The van der Waals surface area contributed by atoms with Crippen LogP contribution in [-0.4, -0.2) is 25.5 Å². The molecule has 1 saturated heterocycles. The van der Waals surface area contributed by atoms with Crippen LogP contribution in [0.4, 0.5) is 0 Å². The topological polar surface area (TPSA) is 21.3 Å². The molecule has 3 heteroatoms. The fourth-order valence-electron chi connectivity index (χ4n) is 2.25. The fraction of sp³-hybridized carbons (Fsp3) is 0.538. The molecule has 86 valence electrons. The lowest BCUT2D eigenvalue weighted by atomic mass is 9.88. The Morgan fingerprint density at radius 2 is 2.25 bits per heavy atom. The van der Waals surface area contributed by atoms with E-state index >= 15 is 0 Å². The van der Waals surface area contributed by atoms with Crippen molar-refractivity contribution in [3.05, 3.63) is 29.8 Å². The molecule has 0 spiro atoms. The van der Waals surface area contributed by atoms with E-state index in [9.17, 15) is 0 Å². The monoisotopic (exact) mass is 235 g/mol. The van der Waals surface area contributed by atoms with Gasteiger partial charge in [-0.3, -0.25) is 0 Å². The molecule has 16 heavy (non-hydrogen) atoms. The molecular weight excluding hydrogens is 218 g/mol. The fourth-order valence-corrected chi connectivity index (χ4v) is 3.45. The molecule has 0 aromatic heterocycles. The van der Waals surface area contributed by atoms with Crippen molar-refractivity contribution in [2.24, 2.45) is 5.41 Å². The van der Waals surface area contributed by atoms with Crippen molar-refractivity contribution in [3.8, 4) is 0 Å². The predicted octanol–water partition coefficient (Wildman–Crippen LogP) is 2.46. The molecule has 2 nitrogen and oxygen atoms in total. The van der Waals surface area contributed by atoms with Crippen molar-refractivity contribution >= 4 is 11.8 Å². The number of rotatable bonds is 3. The lowest BCUT2D eigenvalue weighted by molar-refractivity contribution is -0.0998. The van der Waals surface area contributed by atoms with Crippen LogP contribution in [0.1, 0.15) is 18.5 Å². The Morgan fingerprint density at radius 1 is 1.44 bits per heavy atom. The summed E-state index contributed by atoms with van der Waals surface area (Å²) in [6, 6.07) is 9.24. The number of hydrogen-bond donors (Lipinski definition) is 1. The van der Waals surface area contributed by atoms with Gasteiger partial charge in [-0.05, 0) is 11.6 Å². The molecule has 0 amide bonds. The second-order valence-electron chi connectivity index (χ2n) is 5.09. The zero-order valence-electron chi connectivity index (χ0n) is 9.53. The Morgan fingerprint density at radius 3 is 3.00 bits per heavy atom. The molecule has 2 heterocycles. The van der Waals surface area contributed by atoms with E-state index in [4.69, 9.17) is 4.74 Å². The highest BCUT2D eigenvalue weighted by molar-refractivity contribution is 7.99. The van der Waals surface area contributed by atoms with Crippen molar-refractivity contribution in [2.45, 2.75) is 17.9 Å². The van der Waals surface area contributed by atoms with Crippen LogP contribution < -0.4 is 5.32 Å². The number of hydrogen-bond acceptors (Lipinski definition) is 3. The van der Waals surface area contributed by atoms with Crippen LogP contribution in [0, 0.1) is 5.41 Å². The standard InChI is InChI=1S/C13H17NOS/c1-13(8-15-9-13)7-14-11-6-16-12-5-3-2-4-10(11)12/h2-5,11,14H,6-9H2,1H3. The molecule has 0 bridgehead atoms. The minimum Gasteiger partial charge on any atom is -0.380 e. The van der Waals surface area contributed by atoms with Gasteiger partial charge < -0.3 is 10.1 Å². The van der Waals surface area contributed by atoms with E-state index < -0.39 is 0 Å². The molecule has 2 aliphatic heterocycles. The van der Waals surface area contributed by atoms with Crippen molar-refractivity contribution in [3.63, 3.8) is 0 Å². The third-order valence-corrected chi connectivity index (χ3v) is 4.56. The summed E-state index contributed by atoms with van der Waals surface area (Å²) in [6.07, 6.45) is 0. The van der Waals surface area contributed by atoms with Gasteiger partial charge >= 0.3 is 0 Å². The average Bonchev–Trinajstić information content (AvgIpc) is 2.67. The van der Waals surface area contributed by atoms with Gasteiger partial charge in [-0.2, -0.15) is 0 Å². The lowest BCUT2D eigenvalue weighted by Crippen LogP contribution is -2.48. The van der Waals surface area contributed by atoms with Crippen LogP contribution in [0.25, 0.3) is 0 Å². The predicted molar refractivity (Wildman–Crippen MR) is 66.8 cm³/mol. The van der Waals surface area contributed by atoms with Crippen LogP contribution >= 0.6 is 11.8 Å². The van der Waals surface area contributed by atoms with E-state index in [0.717, 1.165) is 25.5 Å². The van der Waals surface area contributed by atoms with Crippen LogP contribution in [0.2, 0.25) is 0 Å². The molecule has 1 atom stereocenters. The lowest BCUT2D eigenvalue weighted by Gasteiger charge is -2.39. The Labute approximate surface area is 101 Å². The van der Waals surface area contributed by atoms with Gasteiger partial charge in [0.15, 0.2) is 0 Å². The van der Waals surface area contributed by atoms with E-state index in [2.05, 4.69) is 36.5 Å². The van der Waals surface area contributed by atoms with Crippen LogP contribution in [0.5, 0.6) is 0 Å². The molecule has 1 aromatic carbocycles. The van der Waals surface area contributed by atoms with Gasteiger partial charge in [0.1, 0.15) is 0 Å². The van der Waals surface area contributed by atoms with Gasteiger partial charge in [0, 0.05) is 28.6 Å². The number of nitrogens with one attached hydrogen (secondary N) is 1. The first kappa shape index (κ1) is 10.6. The Bertz CT molecular complexity index is 389. The first-order valence-electron chi connectivity index (χ1n) is 5.80. The summed E-state index contributed by atoms with van der Waals surface area (Å²) >= 11 is 1.96. The molecule has 1 unspecified atom stereocenters. The Balaban J connectivity index is 1.65. The molecule has 0 aliphatic carbocycles. The molecule has 0 saturated carbocycles. The minimum atomic E-state index is 0.363. The average molecular weight is 235 g/mol. The third-order valence-electron chi connectivity index (χ3n) is 3.38. The summed E-state index contributed by atoms with van der Waals surface area (Å²) in [4.78, 5) is 1.44. The van der Waals surface area contributed by atoms with Crippen molar-refractivity contribution < 1.29 is 4.74 Å². The van der Waals surface area contributed by atoms with E-state index in [1.807, 2.05) is 11.8 Å². The minimum absolute atomic E-state index is 0.363. The van der Waals surface area contributed by atoms with Gasteiger partial charge in [0.25, 0.3) is 0 Å². The first-order valence-corrected chi connectivity index (χ1v) is 6.78. The van der Waals surface area contributed by atoms with Crippen molar-refractivity contribution in [1.82, 2.24) is 5.32 Å². The first-order chi connectivity index (χ1) is 7.77. The second kappa shape index (κ2) is 4.06. The highest BCUT2D eigenvalue weighted by Gasteiger charge is 2.34. The molecule has 1 N–H and O–H groups in total. The summed E-state index contributed by atoms with van der Waals surface area (Å²) in [5.74, 6) is 1.16. The maximum atomic E-state index is 5.28. The van der Waals surface area contributed by atoms with Crippen molar-refractivity contribution in [2.75, 3.05) is 25.5 Å². The van der Waals surface area contributed by atoms with Crippen LogP contribution in [0.3, 0.4) is 0 Å². The zero-order valence-corrected chi connectivity index (χ0v) is 10.3. The Hall–Kier alpha value is -0.510. The maximum Gasteiger partial charge on any atom is 0.0554 e. The van der Waals surface area contributed by atoms with Gasteiger partial charge in [0.05, 0.1) is 13.2 Å². The maximum absolute atomic E-state index is 5.28. The number of fused-ring (bicyclic) bond motifs is 1. The van der Waals surface area contributed by atoms with Gasteiger partial charge in [0.2, 0.25) is 0 Å². The van der Waals surface area contributed by atoms with Gasteiger partial charge in [-0.15, -0.1) is 11.8 Å². The number of benzene rings is 1. The SMILES string of the molecule is CC1(CNC2CSc3ccccc32)COC1. The molecule has 2 aliphatic rings. The van der Waals surface area contributed by atoms with Crippen LogP contribution in [-0.2, 0) is 4.74 Å². The van der Waals surface area contributed by atoms with Crippen LogP contribution in [0.15, 0.2) is 29.2 Å². The summed E-state index contributed by atoms with van der Waals surface area (Å²) in [7, 11) is 0. The molecule has 1 fully saturated rings. The summed E-state index contributed by atoms with van der Waals surface area (Å²) in [5.41, 5.74) is 1.83. The van der Waals surface area contributed by atoms with E-state index in [1.54, 1.807) is 0 Å².